The molecule has 214 valence electrons. The van der Waals surface area contributed by atoms with Crippen LogP contribution in [-0.4, -0.2) is 67.8 Å². The Kier molecular flexibility index (Phi) is 8.62. The van der Waals surface area contributed by atoms with Crippen LogP contribution in [0.4, 0.5) is 0 Å². The molecule has 1 aromatic rings. The van der Waals surface area contributed by atoms with E-state index in [-0.39, 0.29) is 52.7 Å². The molecule has 42 heavy (non-hydrogen) atoms. The third kappa shape index (κ3) is 4.92. The predicted octanol–water partition coefficient (Wildman–Crippen LogP) is 2.47. The molecule has 3 aliphatic heterocycles. The molecule has 0 aliphatic carbocycles. The molecule has 0 fully saturated rings. The Morgan fingerprint density at radius 2 is 1.55 bits per heavy atom. The van der Waals surface area contributed by atoms with Gasteiger partial charge in [-0.2, -0.15) is 5.26 Å². The van der Waals surface area contributed by atoms with Crippen molar-refractivity contribution in [2.24, 2.45) is 10.9 Å². The van der Waals surface area contributed by atoms with Crippen LogP contribution >= 0.6 is 0 Å². The highest BCUT2D eigenvalue weighted by Crippen LogP contribution is 2.44. The Balaban J connectivity index is 2.17. The number of ketones is 1. The van der Waals surface area contributed by atoms with Gasteiger partial charge in [0.2, 0.25) is 0 Å². The molecule has 0 atom stereocenters. The minimum atomic E-state index is -1.87. The van der Waals surface area contributed by atoms with Gasteiger partial charge in [-0.25, -0.2) is 14.6 Å². The Morgan fingerprint density at radius 1 is 0.929 bits per heavy atom. The molecule has 0 amide bonds. The summed E-state index contributed by atoms with van der Waals surface area (Å²) in [6.45, 7) is 2.84. The third-order valence-corrected chi connectivity index (χ3v) is 6.41. The highest BCUT2D eigenvalue weighted by atomic mass is 16.6. The van der Waals surface area contributed by atoms with Crippen molar-refractivity contribution in [3.63, 3.8) is 0 Å². The predicted molar refractivity (Wildman–Crippen MR) is 145 cm³/mol. The summed E-state index contributed by atoms with van der Waals surface area (Å²) in [5.74, 6) is -6.79. The number of benzene rings is 1. The lowest BCUT2D eigenvalue weighted by Crippen LogP contribution is -2.44. The van der Waals surface area contributed by atoms with Gasteiger partial charge in [0.15, 0.2) is 23.2 Å². The number of hydrogen-bond acceptors (Lipinski definition) is 12. The highest BCUT2D eigenvalue weighted by Gasteiger charge is 2.48. The lowest BCUT2D eigenvalue weighted by atomic mass is 9.79. The zero-order chi connectivity index (χ0) is 30.6. The van der Waals surface area contributed by atoms with Crippen molar-refractivity contribution in [1.82, 2.24) is 4.90 Å². The number of nitriles is 1. The fourth-order valence-corrected chi connectivity index (χ4v) is 4.71. The normalized spacial score (nSPS) is 15.4. The van der Waals surface area contributed by atoms with Gasteiger partial charge in [0.05, 0.1) is 44.4 Å². The zero-order valence-corrected chi connectivity index (χ0v) is 23.1. The van der Waals surface area contributed by atoms with Crippen LogP contribution < -0.4 is 0 Å². The maximum atomic E-state index is 14.2. The fraction of sp³-hybridized carbons (Fsp3) is 0.233. The Morgan fingerprint density at radius 3 is 2.10 bits per heavy atom. The van der Waals surface area contributed by atoms with Gasteiger partial charge in [-0.3, -0.25) is 19.3 Å². The van der Waals surface area contributed by atoms with Crippen molar-refractivity contribution in [1.29, 1.82) is 5.26 Å². The van der Waals surface area contributed by atoms with E-state index in [0.717, 1.165) is 14.2 Å². The molecule has 0 saturated carbocycles. The second-order valence-corrected chi connectivity index (χ2v) is 8.68. The van der Waals surface area contributed by atoms with Crippen molar-refractivity contribution in [3.05, 3.63) is 93.5 Å². The van der Waals surface area contributed by atoms with Gasteiger partial charge in [-0.05, 0) is 26.0 Å². The van der Waals surface area contributed by atoms with Crippen molar-refractivity contribution in [2.45, 2.75) is 13.8 Å². The molecular formula is C30H25N3O9. The number of Topliss-reactive ketones (excluding diaryl/α,β-unsaturated/α-hetero) is 1. The number of amidine groups is 1. The van der Waals surface area contributed by atoms with Crippen LogP contribution in [0, 0.1) is 17.2 Å². The first-order chi connectivity index (χ1) is 20.2. The van der Waals surface area contributed by atoms with E-state index in [1.54, 1.807) is 18.2 Å². The summed E-state index contributed by atoms with van der Waals surface area (Å²) in [6, 6.07) is 9.96. The largest absolute Gasteiger partial charge is 0.465 e. The highest BCUT2D eigenvalue weighted by molar-refractivity contribution is 6.22. The first-order valence-electron chi connectivity index (χ1n) is 12.8. The molecule has 0 spiro atoms. The summed E-state index contributed by atoms with van der Waals surface area (Å²) < 4.78 is 20.1. The van der Waals surface area contributed by atoms with E-state index < -0.39 is 46.8 Å². The van der Waals surface area contributed by atoms with Gasteiger partial charge in [0, 0.05) is 11.1 Å². The molecule has 0 unspecified atom stereocenters. The molecular weight excluding hydrogens is 546 g/mol. The minimum absolute atomic E-state index is 0.0544. The summed E-state index contributed by atoms with van der Waals surface area (Å²) in [7, 11) is 2.20. The molecule has 3 aliphatic rings. The van der Waals surface area contributed by atoms with Crippen molar-refractivity contribution in [3.8, 4) is 6.07 Å². The maximum Gasteiger partial charge on any atom is 0.357 e. The molecule has 0 bridgehead atoms. The zero-order valence-electron chi connectivity index (χ0n) is 23.1. The molecule has 1 aromatic carbocycles. The van der Waals surface area contributed by atoms with Crippen LogP contribution in [0.3, 0.4) is 0 Å². The van der Waals surface area contributed by atoms with E-state index in [1.165, 1.54) is 49.1 Å². The van der Waals surface area contributed by atoms with Crippen molar-refractivity contribution in [2.75, 3.05) is 27.4 Å². The first-order valence-corrected chi connectivity index (χ1v) is 12.8. The molecule has 3 heterocycles. The Bertz CT molecular complexity index is 1600. The average molecular weight is 572 g/mol. The lowest BCUT2D eigenvalue weighted by Gasteiger charge is -2.40. The summed E-state index contributed by atoms with van der Waals surface area (Å²) >= 11 is 0. The van der Waals surface area contributed by atoms with E-state index in [2.05, 4.69) is 4.99 Å². The minimum Gasteiger partial charge on any atom is -0.465 e. The Hall–Kier alpha value is -5.57. The number of ether oxygens (including phenoxy) is 4. The van der Waals surface area contributed by atoms with Gasteiger partial charge >= 0.3 is 23.9 Å². The van der Waals surface area contributed by atoms with Gasteiger partial charge in [-0.15, -0.1) is 0 Å². The summed E-state index contributed by atoms with van der Waals surface area (Å²) in [4.78, 5) is 72.2. The molecule has 12 heteroatoms. The van der Waals surface area contributed by atoms with E-state index >= 15 is 0 Å². The molecule has 0 aromatic heterocycles. The van der Waals surface area contributed by atoms with Gasteiger partial charge in [0.25, 0.3) is 0 Å². The maximum absolute atomic E-state index is 14.2. The van der Waals surface area contributed by atoms with E-state index in [0.29, 0.717) is 0 Å². The van der Waals surface area contributed by atoms with Crippen LogP contribution in [0.5, 0.6) is 0 Å². The average Bonchev–Trinajstić information content (AvgIpc) is 3.00. The molecule has 12 nitrogen and oxygen atoms in total. The van der Waals surface area contributed by atoms with Crippen molar-refractivity contribution >= 4 is 35.5 Å². The number of methoxy groups -OCH3 is 2. The summed E-state index contributed by atoms with van der Waals surface area (Å²) in [5.41, 5.74) is -1.35. The van der Waals surface area contributed by atoms with E-state index in [9.17, 15) is 29.2 Å². The number of esters is 4. The monoisotopic (exact) mass is 571 g/mol. The molecule has 0 saturated heterocycles. The number of carbonyl (C=O) groups is 5. The van der Waals surface area contributed by atoms with Crippen LogP contribution in [0.1, 0.15) is 24.2 Å². The quantitative estimate of drug-likeness (QED) is 0.185. The van der Waals surface area contributed by atoms with Crippen LogP contribution in [0.2, 0.25) is 0 Å². The number of aliphatic imine (C=N–C) groups is 1. The van der Waals surface area contributed by atoms with Crippen LogP contribution in [0.15, 0.2) is 92.9 Å². The van der Waals surface area contributed by atoms with Gasteiger partial charge in [-0.1, -0.05) is 36.4 Å². The summed E-state index contributed by atoms with van der Waals surface area (Å²) in [6.07, 6.45) is 4.46. The molecule has 4 rings (SSSR count). The van der Waals surface area contributed by atoms with Crippen LogP contribution in [0.25, 0.3) is 0 Å². The molecule has 0 radical (unpaired) electrons. The number of rotatable bonds is 9. The third-order valence-electron chi connectivity index (χ3n) is 6.41. The second-order valence-electron chi connectivity index (χ2n) is 8.68. The van der Waals surface area contributed by atoms with Crippen molar-refractivity contribution < 1.29 is 42.9 Å². The standard InChI is InChI=1S/C30H25N3O9/c1-5-41-28(36)23(29(37)42-6-2)20-17(15-31)26-32-24(30(38)40-4)22(27(35)39-3)19-14-10-13-18(33(19)26)21(20)25(34)16-11-8-7-9-12-16/h7-14,23H,5-6H2,1-4H3. The van der Waals surface area contributed by atoms with Crippen LogP contribution in [-0.2, 0) is 38.1 Å². The summed E-state index contributed by atoms with van der Waals surface area (Å²) in [5, 5.41) is 10.5. The second kappa shape index (κ2) is 12.3. The number of nitrogens with zero attached hydrogens (tertiary/aromatic N) is 3. The Labute approximate surface area is 240 Å². The SMILES string of the molecule is CCOC(=O)C(C(=O)OCC)C1=C(C#N)C2=NC(C(=O)OC)=C(C(=O)OC)C3=CC=CC(=C1C(=O)c1ccccc1)N32. The van der Waals surface area contributed by atoms with E-state index in [1.807, 2.05) is 6.07 Å². The first kappa shape index (κ1) is 29.4. The number of allylic oxidation sites excluding steroid dienone is 4. The number of hydrogen-bond donors (Lipinski definition) is 0. The lowest BCUT2D eigenvalue weighted by molar-refractivity contribution is -0.159. The van der Waals surface area contributed by atoms with Gasteiger partial charge < -0.3 is 18.9 Å². The smallest absolute Gasteiger partial charge is 0.357 e. The topological polar surface area (TPSA) is 162 Å². The van der Waals surface area contributed by atoms with E-state index in [4.69, 9.17) is 18.9 Å². The molecule has 0 N–H and O–H groups in total. The van der Waals surface area contributed by atoms with Gasteiger partial charge in [0.1, 0.15) is 17.2 Å². The number of carbonyl (C=O) groups excluding carboxylic acids is 5. The fourth-order valence-electron chi connectivity index (χ4n) is 4.71.